The van der Waals surface area contributed by atoms with E-state index >= 15 is 0 Å². The topological polar surface area (TPSA) is 95.4 Å². The molecule has 4 aliphatic rings. The van der Waals surface area contributed by atoms with Gasteiger partial charge in [-0.05, 0) is 105 Å². The van der Waals surface area contributed by atoms with Crippen molar-refractivity contribution >= 4 is 5.97 Å². The van der Waals surface area contributed by atoms with Crippen molar-refractivity contribution in [2.24, 2.45) is 23.2 Å². The van der Waals surface area contributed by atoms with Gasteiger partial charge < -0.3 is 19.9 Å². The molecule has 41 heavy (non-hydrogen) atoms. The first-order valence-corrected chi connectivity index (χ1v) is 16.2. The summed E-state index contributed by atoms with van der Waals surface area (Å²) in [6.07, 6.45) is 18.2. The number of allylic oxidation sites excluding steroid dienone is 3. The second kappa shape index (κ2) is 12.2. The maximum atomic E-state index is 12.2. The summed E-state index contributed by atoms with van der Waals surface area (Å²) < 4.78 is 6.02. The molecule has 1 aromatic heterocycles. The van der Waals surface area contributed by atoms with Gasteiger partial charge in [0.2, 0.25) is 0 Å². The minimum absolute atomic E-state index is 0.129. The molecule has 226 valence electrons. The lowest BCUT2D eigenvalue weighted by Crippen LogP contribution is -2.37. The fraction of sp³-hybridized carbons (Fsp3) is 0.714. The average Bonchev–Trinajstić information content (AvgIpc) is 3.45. The number of nitrogens with zero attached hydrogens (tertiary/aromatic N) is 1. The zero-order valence-corrected chi connectivity index (χ0v) is 25.8. The molecule has 0 aromatic carbocycles. The molecule has 0 saturated heterocycles. The highest BCUT2D eigenvalue weighted by Gasteiger charge is 2.55. The summed E-state index contributed by atoms with van der Waals surface area (Å²) in [5, 5.41) is 20.4. The van der Waals surface area contributed by atoms with Crippen molar-refractivity contribution in [3.05, 3.63) is 53.2 Å². The number of aryl methyl sites for hydroxylation is 1. The molecular formula is C35H52N2O4. The number of ether oxygens (including phenoxy) is 1. The van der Waals surface area contributed by atoms with Crippen LogP contribution >= 0.6 is 0 Å². The summed E-state index contributed by atoms with van der Waals surface area (Å²) in [7, 11) is 0. The van der Waals surface area contributed by atoms with Crippen molar-refractivity contribution in [1.29, 1.82) is 0 Å². The lowest BCUT2D eigenvalue weighted by molar-refractivity contribution is -0.149. The van der Waals surface area contributed by atoms with Crippen molar-refractivity contribution in [2.45, 2.75) is 135 Å². The number of hydrogen-bond acceptors (Lipinski definition) is 5. The number of nitrogens with one attached hydrogen (secondary N) is 1. The molecule has 0 bridgehead atoms. The first kappa shape index (κ1) is 30.3. The van der Waals surface area contributed by atoms with E-state index in [0.29, 0.717) is 30.6 Å². The largest absolute Gasteiger partial charge is 0.461 e. The number of carbonyl (C=O) groups is 1. The van der Waals surface area contributed by atoms with Gasteiger partial charge in [-0.25, -0.2) is 4.98 Å². The van der Waals surface area contributed by atoms with Crippen LogP contribution in [-0.2, 0) is 21.4 Å². The van der Waals surface area contributed by atoms with E-state index in [4.69, 9.17) is 9.72 Å². The van der Waals surface area contributed by atoms with E-state index in [1.54, 1.807) is 0 Å². The van der Waals surface area contributed by atoms with Crippen LogP contribution in [0.3, 0.4) is 0 Å². The van der Waals surface area contributed by atoms with Gasteiger partial charge in [0.1, 0.15) is 11.9 Å². The third kappa shape index (κ3) is 6.15. The van der Waals surface area contributed by atoms with Crippen LogP contribution in [0.4, 0.5) is 0 Å². The Balaban J connectivity index is 1.27. The summed E-state index contributed by atoms with van der Waals surface area (Å²) in [5.41, 5.74) is 4.56. The normalized spacial score (nSPS) is 34.4. The SMILES string of the molecule is C=C1C(=CC=C2CCC[C@]3(C)[C@@H]([C@H](C)CC[C@H](OC(C)=O)C4(c5ncc(CCC)[nH]5)CC4)CC[C@@H]23)C[C@@H](O)C[C@@H]1O. The highest BCUT2D eigenvalue weighted by atomic mass is 16.5. The summed E-state index contributed by atoms with van der Waals surface area (Å²) >= 11 is 0. The van der Waals surface area contributed by atoms with Gasteiger partial charge in [-0.15, -0.1) is 0 Å². The Bertz CT molecular complexity index is 1180. The molecule has 3 N–H and O–H groups in total. The number of imidazole rings is 1. The lowest BCUT2D eigenvalue weighted by atomic mass is 9.60. The highest BCUT2D eigenvalue weighted by molar-refractivity contribution is 5.66. The van der Waals surface area contributed by atoms with Gasteiger partial charge >= 0.3 is 5.97 Å². The number of esters is 1. The maximum Gasteiger partial charge on any atom is 0.302 e. The minimum Gasteiger partial charge on any atom is -0.461 e. The molecular weight excluding hydrogens is 512 g/mol. The van der Waals surface area contributed by atoms with Gasteiger partial charge in [0.15, 0.2) is 0 Å². The Morgan fingerprint density at radius 2 is 2.02 bits per heavy atom. The van der Waals surface area contributed by atoms with Gasteiger partial charge in [0.25, 0.3) is 0 Å². The van der Waals surface area contributed by atoms with Crippen molar-refractivity contribution in [3.63, 3.8) is 0 Å². The van der Waals surface area contributed by atoms with Crippen molar-refractivity contribution in [1.82, 2.24) is 9.97 Å². The predicted octanol–water partition coefficient (Wildman–Crippen LogP) is 6.88. The number of hydrogen-bond donors (Lipinski definition) is 3. The molecule has 0 unspecified atom stereocenters. The number of carbonyl (C=O) groups excluding carboxylic acids is 1. The van der Waals surface area contributed by atoms with E-state index in [-0.39, 0.29) is 22.9 Å². The zero-order valence-electron chi connectivity index (χ0n) is 25.8. The van der Waals surface area contributed by atoms with Crippen LogP contribution < -0.4 is 0 Å². The van der Waals surface area contributed by atoms with Crippen molar-refractivity contribution in [2.75, 3.05) is 0 Å². The number of aromatic amines is 1. The van der Waals surface area contributed by atoms with Crippen LogP contribution in [0.2, 0.25) is 0 Å². The number of rotatable bonds is 10. The molecule has 0 aliphatic heterocycles. The quantitative estimate of drug-likeness (QED) is 0.269. The van der Waals surface area contributed by atoms with E-state index in [9.17, 15) is 15.0 Å². The zero-order chi connectivity index (χ0) is 29.4. The molecule has 0 amide bonds. The number of aliphatic hydroxyl groups excluding tert-OH is 2. The molecule has 4 aliphatic carbocycles. The first-order valence-electron chi connectivity index (χ1n) is 16.2. The van der Waals surface area contributed by atoms with Gasteiger partial charge in [0.05, 0.1) is 17.6 Å². The highest BCUT2D eigenvalue weighted by Crippen LogP contribution is 2.60. The van der Waals surface area contributed by atoms with Crippen molar-refractivity contribution < 1.29 is 19.7 Å². The summed E-state index contributed by atoms with van der Waals surface area (Å²) in [4.78, 5) is 20.5. The number of fused-ring (bicyclic) bond motifs is 1. The Kier molecular flexibility index (Phi) is 9.01. The molecule has 6 nitrogen and oxygen atoms in total. The van der Waals surface area contributed by atoms with E-state index in [2.05, 4.69) is 44.5 Å². The average molecular weight is 565 g/mol. The van der Waals surface area contributed by atoms with E-state index in [1.807, 2.05) is 6.20 Å². The Hall–Kier alpha value is -2.18. The number of aliphatic hydroxyl groups is 2. The summed E-state index contributed by atoms with van der Waals surface area (Å²) in [6.45, 7) is 12.7. The number of aromatic nitrogens is 2. The van der Waals surface area contributed by atoms with Crippen LogP contribution in [0.1, 0.15) is 116 Å². The molecule has 5 rings (SSSR count). The Morgan fingerprint density at radius 1 is 1.24 bits per heavy atom. The van der Waals surface area contributed by atoms with Crippen LogP contribution in [-0.4, -0.2) is 44.5 Å². The predicted molar refractivity (Wildman–Crippen MR) is 162 cm³/mol. The molecule has 1 aromatic rings. The van der Waals surface area contributed by atoms with Gasteiger partial charge in [-0.2, -0.15) is 0 Å². The third-order valence-electron chi connectivity index (χ3n) is 11.2. The minimum atomic E-state index is -0.645. The van der Waals surface area contributed by atoms with Crippen LogP contribution in [0.25, 0.3) is 0 Å². The molecule has 0 radical (unpaired) electrons. The van der Waals surface area contributed by atoms with Crippen LogP contribution in [0, 0.1) is 23.2 Å². The summed E-state index contributed by atoms with van der Waals surface area (Å²) in [5.74, 6) is 2.58. The maximum absolute atomic E-state index is 12.2. The van der Waals surface area contributed by atoms with Gasteiger partial charge in [-0.3, -0.25) is 4.79 Å². The Morgan fingerprint density at radius 3 is 2.73 bits per heavy atom. The monoisotopic (exact) mass is 564 g/mol. The molecule has 0 spiro atoms. The van der Waals surface area contributed by atoms with Crippen LogP contribution in [0.15, 0.2) is 41.6 Å². The van der Waals surface area contributed by atoms with E-state index in [0.717, 1.165) is 61.9 Å². The second-order valence-electron chi connectivity index (χ2n) is 14.0. The van der Waals surface area contributed by atoms with E-state index in [1.165, 1.54) is 43.9 Å². The standard InChI is InChI=1S/C35H52N2O4/c1-6-8-27-21-36-33(37-27)35(17-18-35)32(41-24(4)38)15-10-22(2)29-13-14-30-25(9-7-16-34(29,30)5)11-12-26-19-28(39)20-31(40)23(26)3/h11-12,21-22,28-32,39-40H,3,6-10,13-20H2,1-2,4-5H3,(H,36,37)/t22-,28-,29-,30+,31+,32+,34-/m1/s1. The fourth-order valence-corrected chi connectivity index (χ4v) is 8.80. The lowest BCUT2D eigenvalue weighted by Gasteiger charge is -2.44. The first-order chi connectivity index (χ1) is 19.6. The summed E-state index contributed by atoms with van der Waals surface area (Å²) in [6, 6.07) is 0. The molecule has 1 heterocycles. The number of H-pyrrole nitrogens is 1. The third-order valence-corrected chi connectivity index (χ3v) is 11.2. The molecule has 7 atom stereocenters. The van der Waals surface area contributed by atoms with Crippen molar-refractivity contribution in [3.8, 4) is 0 Å². The smallest absolute Gasteiger partial charge is 0.302 e. The van der Waals surface area contributed by atoms with Crippen LogP contribution in [0.5, 0.6) is 0 Å². The van der Waals surface area contributed by atoms with Gasteiger partial charge in [0, 0.05) is 25.2 Å². The molecule has 6 heteroatoms. The second-order valence-corrected chi connectivity index (χ2v) is 14.0. The Labute approximate surface area is 246 Å². The fourth-order valence-electron chi connectivity index (χ4n) is 8.80. The van der Waals surface area contributed by atoms with Gasteiger partial charge in [-0.1, -0.05) is 51.5 Å². The molecule has 4 fully saturated rings. The van der Waals surface area contributed by atoms with E-state index < -0.39 is 12.2 Å². The molecule has 4 saturated carbocycles.